The zero-order valence-electron chi connectivity index (χ0n) is 10.5. The van der Waals surface area contributed by atoms with Crippen LogP contribution in [0.25, 0.3) is 0 Å². The second kappa shape index (κ2) is 5.10. The van der Waals surface area contributed by atoms with Gasteiger partial charge in [0, 0.05) is 0 Å². The Labute approximate surface area is 126 Å². The third-order valence-corrected chi connectivity index (χ3v) is 4.00. The number of amidine groups is 2. The van der Waals surface area contributed by atoms with Gasteiger partial charge >= 0.3 is 0 Å². The number of carbonyl (C=O) groups excluding carboxylic acids is 1. The zero-order valence-corrected chi connectivity index (χ0v) is 12.1. The van der Waals surface area contributed by atoms with Gasteiger partial charge < -0.3 is 20.1 Å². The van der Waals surface area contributed by atoms with E-state index >= 15 is 0 Å². The van der Waals surface area contributed by atoms with Crippen LogP contribution in [0.15, 0.2) is 9.98 Å². The number of guanidine groups is 1. The van der Waals surface area contributed by atoms with E-state index in [0.29, 0.717) is 0 Å². The van der Waals surface area contributed by atoms with Crippen LogP contribution in [0, 0.1) is 5.41 Å². The number of ether oxygens (including phenoxy) is 1. The molecule has 0 spiro atoms. The topological polar surface area (TPSA) is 151 Å². The van der Waals surface area contributed by atoms with Gasteiger partial charge in [-0.1, -0.05) is 0 Å². The van der Waals surface area contributed by atoms with Crippen molar-refractivity contribution in [2.45, 2.75) is 30.6 Å². The van der Waals surface area contributed by atoms with Crippen molar-refractivity contribution in [2.75, 3.05) is 6.61 Å². The van der Waals surface area contributed by atoms with E-state index in [1.807, 2.05) is 0 Å². The highest BCUT2D eigenvalue weighted by atomic mass is 79.9. The first kappa shape index (κ1) is 14.5. The highest BCUT2D eigenvalue weighted by molar-refractivity contribution is 9.18. The normalized spacial score (nSPS) is 39.0. The molecule has 0 aromatic rings. The van der Waals surface area contributed by atoms with Crippen molar-refractivity contribution in [1.29, 1.82) is 5.41 Å². The molecule has 5 atom stereocenters. The summed E-state index contributed by atoms with van der Waals surface area (Å²) in [6.07, 6.45) is -4.64. The van der Waals surface area contributed by atoms with E-state index < -0.39 is 43.1 Å². The number of aliphatic imine (C=N–C) groups is 2. The Bertz CT molecular complexity index is 566. The van der Waals surface area contributed by atoms with Gasteiger partial charge in [0.1, 0.15) is 18.3 Å². The lowest BCUT2D eigenvalue weighted by molar-refractivity contribution is -0.119. The summed E-state index contributed by atoms with van der Waals surface area (Å²) in [4.78, 5) is 21.0. The smallest absolute Gasteiger partial charge is 0.259 e. The van der Waals surface area contributed by atoms with Crippen LogP contribution in [0.5, 0.6) is 0 Å². The Morgan fingerprint density at radius 1 is 1.43 bits per heavy atom. The monoisotopic (exact) mass is 361 g/mol. The van der Waals surface area contributed by atoms with E-state index in [-0.39, 0.29) is 16.5 Å². The van der Waals surface area contributed by atoms with E-state index in [2.05, 4.69) is 31.2 Å². The molecular weight excluding hydrogens is 350 g/mol. The molecular formula is C10H12BrN5O5. The summed E-state index contributed by atoms with van der Waals surface area (Å²) < 4.78 is 5.58. The third kappa shape index (κ3) is 2.17. The largest absolute Gasteiger partial charge is 0.394 e. The molecule has 3 heterocycles. The molecule has 0 aromatic carbocycles. The predicted molar refractivity (Wildman–Crippen MR) is 73.1 cm³/mol. The Hall–Kier alpha value is -1.40. The van der Waals surface area contributed by atoms with Crippen LogP contribution in [-0.2, 0) is 9.53 Å². The first-order valence-corrected chi connectivity index (χ1v) is 6.86. The third-order valence-electron chi connectivity index (χ3n) is 3.41. The number of rotatable bonds is 2. The first-order valence-electron chi connectivity index (χ1n) is 6.07. The summed E-state index contributed by atoms with van der Waals surface area (Å²) in [5.74, 6) is -0.748. The average Bonchev–Trinajstić information content (AvgIpc) is 2.89. The standard InChI is InChI=1S/C10H12BrN5O5/c11-9-13-3-6(14-10(12)15-7(3)20)16(9)8-5(19)4(18)2(1-17)21-8/h2-5,8,17-19H,1H2,(H2,12,15,20)/t2-,3?,4-,5-,8-/m1/s1. The van der Waals surface area contributed by atoms with Crippen LogP contribution in [0.4, 0.5) is 0 Å². The van der Waals surface area contributed by atoms with Crippen molar-refractivity contribution in [3.05, 3.63) is 0 Å². The molecule has 0 saturated carbocycles. The molecule has 114 valence electrons. The minimum absolute atomic E-state index is 0.116. The number of nitrogens with one attached hydrogen (secondary N) is 2. The van der Waals surface area contributed by atoms with E-state index in [1.54, 1.807) is 0 Å². The molecule has 21 heavy (non-hydrogen) atoms. The Morgan fingerprint density at radius 2 is 2.14 bits per heavy atom. The van der Waals surface area contributed by atoms with Gasteiger partial charge in [-0.3, -0.25) is 20.4 Å². The van der Waals surface area contributed by atoms with E-state index in [1.165, 1.54) is 4.90 Å². The number of amides is 1. The summed E-state index contributed by atoms with van der Waals surface area (Å²) in [6.45, 7) is -0.469. The lowest BCUT2D eigenvalue weighted by atomic mass is 10.1. The summed E-state index contributed by atoms with van der Waals surface area (Å²) in [5.41, 5.74) is 0. The molecule has 10 nitrogen and oxygen atoms in total. The summed E-state index contributed by atoms with van der Waals surface area (Å²) >= 11 is 3.15. The number of halogens is 1. The molecule has 0 bridgehead atoms. The van der Waals surface area contributed by atoms with Crippen molar-refractivity contribution in [3.8, 4) is 0 Å². The molecule has 1 fully saturated rings. The fourth-order valence-corrected chi connectivity index (χ4v) is 2.99. The van der Waals surface area contributed by atoms with Crippen molar-refractivity contribution in [2.24, 2.45) is 9.98 Å². The van der Waals surface area contributed by atoms with Crippen LogP contribution in [-0.4, -0.2) is 79.9 Å². The lowest BCUT2D eigenvalue weighted by Gasteiger charge is -2.29. The maximum absolute atomic E-state index is 11.8. The minimum Gasteiger partial charge on any atom is -0.394 e. The van der Waals surface area contributed by atoms with Gasteiger partial charge in [0.15, 0.2) is 22.9 Å². The van der Waals surface area contributed by atoms with Crippen molar-refractivity contribution in [1.82, 2.24) is 10.2 Å². The van der Waals surface area contributed by atoms with Crippen LogP contribution in [0.2, 0.25) is 0 Å². The Morgan fingerprint density at radius 3 is 2.76 bits per heavy atom. The van der Waals surface area contributed by atoms with Crippen molar-refractivity contribution >= 4 is 38.4 Å². The number of aliphatic hydroxyl groups excluding tert-OH is 3. The highest BCUT2D eigenvalue weighted by Gasteiger charge is 2.51. The minimum atomic E-state index is -1.33. The van der Waals surface area contributed by atoms with E-state index in [4.69, 9.17) is 15.3 Å². The molecule has 1 unspecified atom stereocenters. The molecule has 0 aromatic heterocycles. The number of aliphatic hydroxyl groups is 3. The van der Waals surface area contributed by atoms with Gasteiger partial charge in [0.05, 0.1) is 6.61 Å². The number of carbonyl (C=O) groups is 1. The second-order valence-electron chi connectivity index (χ2n) is 4.71. The van der Waals surface area contributed by atoms with Gasteiger partial charge in [0.2, 0.25) is 5.96 Å². The number of fused-ring (bicyclic) bond motifs is 1. The van der Waals surface area contributed by atoms with Gasteiger partial charge in [0.25, 0.3) is 5.91 Å². The molecule has 3 aliphatic rings. The maximum atomic E-state index is 11.8. The number of hydrogen-bond acceptors (Lipinski definition) is 8. The predicted octanol–water partition coefficient (Wildman–Crippen LogP) is -2.68. The lowest BCUT2D eigenvalue weighted by Crippen LogP contribution is -2.53. The van der Waals surface area contributed by atoms with E-state index in [0.717, 1.165) is 0 Å². The quantitative estimate of drug-likeness (QED) is 0.338. The van der Waals surface area contributed by atoms with Gasteiger partial charge in [-0.15, -0.1) is 0 Å². The van der Waals surface area contributed by atoms with E-state index in [9.17, 15) is 15.0 Å². The first-order chi connectivity index (χ1) is 9.93. The number of nitrogens with zero attached hydrogens (tertiary/aromatic N) is 3. The Balaban J connectivity index is 1.94. The zero-order chi connectivity index (χ0) is 15.3. The van der Waals surface area contributed by atoms with Crippen LogP contribution >= 0.6 is 15.9 Å². The van der Waals surface area contributed by atoms with Crippen LogP contribution in [0.3, 0.4) is 0 Å². The molecule has 5 N–H and O–H groups in total. The SMILES string of the molecule is N=C1N=C2C(N=C(Br)N2[C@@H]2O[C@H](CO)[C@@H](O)[C@H]2O)C(=O)N1. The number of hydrogen-bond donors (Lipinski definition) is 5. The van der Waals surface area contributed by atoms with Crippen LogP contribution in [0.1, 0.15) is 0 Å². The van der Waals surface area contributed by atoms with Gasteiger partial charge in [-0.2, -0.15) is 4.99 Å². The van der Waals surface area contributed by atoms with Gasteiger partial charge in [-0.25, -0.2) is 4.99 Å². The Kier molecular flexibility index (Phi) is 3.53. The molecule has 0 aliphatic carbocycles. The average molecular weight is 362 g/mol. The molecule has 1 amide bonds. The molecule has 3 rings (SSSR count). The molecule has 11 heteroatoms. The second-order valence-corrected chi connectivity index (χ2v) is 5.42. The molecule has 1 saturated heterocycles. The summed E-state index contributed by atoms with van der Waals surface area (Å²) in [6, 6.07) is -0.949. The highest BCUT2D eigenvalue weighted by Crippen LogP contribution is 2.30. The van der Waals surface area contributed by atoms with Crippen molar-refractivity contribution in [3.63, 3.8) is 0 Å². The summed E-state index contributed by atoms with van der Waals surface area (Å²) in [7, 11) is 0. The fourth-order valence-electron chi connectivity index (χ4n) is 2.40. The molecule has 0 radical (unpaired) electrons. The maximum Gasteiger partial charge on any atom is 0.259 e. The van der Waals surface area contributed by atoms with Crippen LogP contribution < -0.4 is 5.32 Å². The molecule has 3 aliphatic heterocycles. The fraction of sp³-hybridized carbons (Fsp3) is 0.600. The summed E-state index contributed by atoms with van der Waals surface area (Å²) in [5, 5.41) is 38.6. The van der Waals surface area contributed by atoms with Gasteiger partial charge in [-0.05, 0) is 15.9 Å². The van der Waals surface area contributed by atoms with Crippen molar-refractivity contribution < 1.29 is 24.9 Å².